The van der Waals surface area contributed by atoms with Crippen molar-refractivity contribution in [3.63, 3.8) is 0 Å². The smallest absolute Gasteiger partial charge is 0.321 e. The number of rotatable bonds is 3. The number of hydrogen-bond donors (Lipinski definition) is 3. The van der Waals surface area contributed by atoms with Gasteiger partial charge in [-0.2, -0.15) is 0 Å². The SMILES string of the molecule is CC(C)(c1cccc2[nH]ccc12)C(N)C(=O)O. The maximum Gasteiger partial charge on any atom is 0.321 e. The molecular formula is C13H16N2O2. The predicted molar refractivity (Wildman–Crippen MR) is 66.9 cm³/mol. The fourth-order valence-corrected chi connectivity index (χ4v) is 2.12. The van der Waals surface area contributed by atoms with Crippen molar-refractivity contribution in [2.24, 2.45) is 5.73 Å². The lowest BCUT2D eigenvalue weighted by Gasteiger charge is -2.29. The summed E-state index contributed by atoms with van der Waals surface area (Å²) in [6, 6.07) is 6.81. The number of fused-ring (bicyclic) bond motifs is 1. The molecule has 1 unspecified atom stereocenters. The average molecular weight is 232 g/mol. The van der Waals surface area contributed by atoms with Crippen molar-refractivity contribution in [3.05, 3.63) is 36.0 Å². The van der Waals surface area contributed by atoms with Crippen LogP contribution in [0, 0.1) is 0 Å². The molecule has 0 bridgehead atoms. The van der Waals surface area contributed by atoms with Crippen LogP contribution in [-0.4, -0.2) is 22.1 Å². The second kappa shape index (κ2) is 3.89. The quantitative estimate of drug-likeness (QED) is 0.755. The first-order valence-corrected chi connectivity index (χ1v) is 5.49. The molecule has 2 aromatic rings. The lowest BCUT2D eigenvalue weighted by molar-refractivity contribution is -0.140. The normalized spacial score (nSPS) is 13.8. The van der Waals surface area contributed by atoms with E-state index in [1.54, 1.807) is 0 Å². The van der Waals surface area contributed by atoms with Crippen molar-refractivity contribution < 1.29 is 9.90 Å². The minimum absolute atomic E-state index is 0.618. The molecule has 4 N–H and O–H groups in total. The van der Waals surface area contributed by atoms with E-state index in [1.807, 2.05) is 44.3 Å². The molecule has 1 atom stereocenters. The third-order valence-corrected chi connectivity index (χ3v) is 3.33. The van der Waals surface area contributed by atoms with Gasteiger partial charge >= 0.3 is 5.97 Å². The molecule has 4 nitrogen and oxygen atoms in total. The number of carbonyl (C=O) groups is 1. The number of hydrogen-bond acceptors (Lipinski definition) is 2. The molecule has 0 aliphatic heterocycles. The van der Waals surface area contributed by atoms with Crippen molar-refractivity contribution in [3.8, 4) is 0 Å². The van der Waals surface area contributed by atoms with Crippen molar-refractivity contribution >= 4 is 16.9 Å². The van der Waals surface area contributed by atoms with Crippen LogP contribution in [0.15, 0.2) is 30.5 Å². The first kappa shape index (κ1) is 11.7. The van der Waals surface area contributed by atoms with E-state index in [2.05, 4.69) is 4.98 Å². The van der Waals surface area contributed by atoms with Gasteiger partial charge in [-0.05, 0) is 17.7 Å². The zero-order valence-electron chi connectivity index (χ0n) is 9.90. The van der Waals surface area contributed by atoms with Gasteiger partial charge in [0.25, 0.3) is 0 Å². The van der Waals surface area contributed by atoms with Crippen LogP contribution in [0.25, 0.3) is 10.9 Å². The minimum atomic E-state index is -0.984. The van der Waals surface area contributed by atoms with Gasteiger partial charge in [0.2, 0.25) is 0 Å². The van der Waals surface area contributed by atoms with Crippen LogP contribution >= 0.6 is 0 Å². The van der Waals surface area contributed by atoms with Crippen LogP contribution < -0.4 is 5.73 Å². The second-order valence-electron chi connectivity index (χ2n) is 4.78. The van der Waals surface area contributed by atoms with Gasteiger partial charge < -0.3 is 15.8 Å². The number of H-pyrrole nitrogens is 1. The molecule has 1 aromatic carbocycles. The maximum absolute atomic E-state index is 11.1. The van der Waals surface area contributed by atoms with Crippen LogP contribution in [0.2, 0.25) is 0 Å². The van der Waals surface area contributed by atoms with Crippen molar-refractivity contribution in [2.75, 3.05) is 0 Å². The zero-order chi connectivity index (χ0) is 12.6. The molecule has 0 saturated carbocycles. The molecule has 1 aromatic heterocycles. The highest BCUT2D eigenvalue weighted by Gasteiger charge is 2.34. The Hall–Kier alpha value is -1.81. The van der Waals surface area contributed by atoms with E-state index in [1.165, 1.54) is 0 Å². The molecule has 0 aliphatic carbocycles. The maximum atomic E-state index is 11.1. The molecule has 17 heavy (non-hydrogen) atoms. The van der Waals surface area contributed by atoms with Gasteiger partial charge in [0.05, 0.1) is 0 Å². The van der Waals surface area contributed by atoms with Crippen molar-refractivity contribution in [1.29, 1.82) is 0 Å². The summed E-state index contributed by atoms with van der Waals surface area (Å²) in [6.07, 6.45) is 1.84. The lowest BCUT2D eigenvalue weighted by atomic mass is 9.77. The fourth-order valence-electron chi connectivity index (χ4n) is 2.12. The summed E-state index contributed by atoms with van der Waals surface area (Å²) in [4.78, 5) is 14.2. The molecule has 90 valence electrons. The molecule has 0 fully saturated rings. The van der Waals surface area contributed by atoms with Gasteiger partial charge in [-0.25, -0.2) is 0 Å². The van der Waals surface area contributed by atoms with Gasteiger partial charge in [0, 0.05) is 22.5 Å². The number of carboxylic acid groups (broad SMARTS) is 1. The summed E-state index contributed by atoms with van der Waals surface area (Å²) in [6.45, 7) is 3.71. The Morgan fingerprint density at radius 2 is 2.12 bits per heavy atom. The van der Waals surface area contributed by atoms with Crippen molar-refractivity contribution in [2.45, 2.75) is 25.3 Å². The summed E-state index contributed by atoms with van der Waals surface area (Å²) in [5.41, 5.74) is 7.10. The zero-order valence-corrected chi connectivity index (χ0v) is 9.90. The molecule has 0 aliphatic rings. The van der Waals surface area contributed by atoms with Gasteiger partial charge in [-0.3, -0.25) is 4.79 Å². The number of aromatic nitrogens is 1. The Labute approximate surface area is 99.4 Å². The third kappa shape index (κ3) is 1.80. The largest absolute Gasteiger partial charge is 0.480 e. The summed E-state index contributed by atoms with van der Waals surface area (Å²) in [5.74, 6) is -0.984. The predicted octanol–water partition coefficient (Wildman–Crippen LogP) is 1.86. The van der Waals surface area contributed by atoms with Gasteiger partial charge in [-0.15, -0.1) is 0 Å². The summed E-state index contributed by atoms with van der Waals surface area (Å²) in [5, 5.41) is 10.1. The van der Waals surface area contributed by atoms with Gasteiger partial charge in [0.1, 0.15) is 6.04 Å². The molecule has 0 amide bonds. The number of carboxylic acids is 1. The Bertz CT molecular complexity index is 557. The van der Waals surface area contributed by atoms with Gasteiger partial charge in [-0.1, -0.05) is 26.0 Å². The second-order valence-corrected chi connectivity index (χ2v) is 4.78. The Morgan fingerprint density at radius 1 is 1.41 bits per heavy atom. The summed E-state index contributed by atoms with van der Waals surface area (Å²) < 4.78 is 0. The average Bonchev–Trinajstić information content (AvgIpc) is 2.75. The number of nitrogens with two attached hydrogens (primary N) is 1. The summed E-state index contributed by atoms with van der Waals surface area (Å²) >= 11 is 0. The highest BCUT2D eigenvalue weighted by atomic mass is 16.4. The molecule has 4 heteroatoms. The van der Waals surface area contributed by atoms with Crippen LogP contribution in [0.4, 0.5) is 0 Å². The fraction of sp³-hybridized carbons (Fsp3) is 0.308. The van der Waals surface area contributed by atoms with E-state index in [0.717, 1.165) is 16.5 Å². The molecule has 0 radical (unpaired) electrons. The van der Waals surface area contributed by atoms with Crippen molar-refractivity contribution in [1.82, 2.24) is 4.98 Å². The lowest BCUT2D eigenvalue weighted by Crippen LogP contribution is -2.46. The van der Waals surface area contributed by atoms with Crippen LogP contribution in [0.3, 0.4) is 0 Å². The standard InChI is InChI=1S/C13H16N2O2/c1-13(2,11(14)12(16)17)9-4-3-5-10-8(9)6-7-15-10/h3-7,11,15H,14H2,1-2H3,(H,16,17). The van der Waals surface area contributed by atoms with Gasteiger partial charge in [0.15, 0.2) is 0 Å². The minimum Gasteiger partial charge on any atom is -0.480 e. The first-order chi connectivity index (χ1) is 7.94. The number of nitrogens with one attached hydrogen (secondary N) is 1. The molecule has 1 heterocycles. The van der Waals surface area contributed by atoms with E-state index >= 15 is 0 Å². The van der Waals surface area contributed by atoms with Crippen LogP contribution in [-0.2, 0) is 10.2 Å². The Balaban J connectivity index is 2.59. The first-order valence-electron chi connectivity index (χ1n) is 5.49. The topological polar surface area (TPSA) is 79.1 Å². The Morgan fingerprint density at radius 3 is 2.76 bits per heavy atom. The highest BCUT2D eigenvalue weighted by molar-refractivity contribution is 5.86. The van der Waals surface area contributed by atoms with E-state index < -0.39 is 17.4 Å². The third-order valence-electron chi connectivity index (χ3n) is 3.33. The van der Waals surface area contributed by atoms with E-state index in [-0.39, 0.29) is 0 Å². The van der Waals surface area contributed by atoms with Crippen LogP contribution in [0.5, 0.6) is 0 Å². The summed E-state index contributed by atoms with van der Waals surface area (Å²) in [7, 11) is 0. The Kier molecular flexibility index (Phi) is 2.67. The number of aliphatic carboxylic acids is 1. The van der Waals surface area contributed by atoms with E-state index in [4.69, 9.17) is 10.8 Å². The molecule has 2 rings (SSSR count). The molecule has 0 saturated heterocycles. The van der Waals surface area contributed by atoms with E-state index in [9.17, 15) is 4.79 Å². The number of aromatic amines is 1. The van der Waals surface area contributed by atoms with E-state index in [0.29, 0.717) is 0 Å². The van der Waals surface area contributed by atoms with Crippen LogP contribution in [0.1, 0.15) is 19.4 Å². The monoisotopic (exact) mass is 232 g/mol. The number of benzene rings is 1. The molecule has 0 spiro atoms. The highest BCUT2D eigenvalue weighted by Crippen LogP contribution is 2.32. The molecular weight excluding hydrogens is 216 g/mol.